The van der Waals surface area contributed by atoms with Crippen LogP contribution in [-0.4, -0.2) is 9.19 Å². The second-order valence-electron chi connectivity index (χ2n) is 4.87. The smallest absolute Gasteiger partial charge is 0.214 e. The summed E-state index contributed by atoms with van der Waals surface area (Å²) in [5.41, 5.74) is 1.79. The number of nitrogens with zero attached hydrogens (tertiary/aromatic N) is 3. The van der Waals surface area contributed by atoms with Crippen molar-refractivity contribution in [3.63, 3.8) is 0 Å². The van der Waals surface area contributed by atoms with Crippen LogP contribution in [0, 0.1) is 24.3 Å². The molecule has 1 fully saturated rings. The van der Waals surface area contributed by atoms with Gasteiger partial charge in [0.15, 0.2) is 0 Å². The fourth-order valence-electron chi connectivity index (χ4n) is 2.08. The Balaban J connectivity index is 2.43. The Kier molecular flexibility index (Phi) is 4.01. The van der Waals surface area contributed by atoms with Gasteiger partial charge < -0.3 is 0 Å². The Morgan fingerprint density at radius 1 is 1.68 bits per heavy atom. The van der Waals surface area contributed by atoms with Gasteiger partial charge in [-0.1, -0.05) is 25.5 Å². The molecule has 1 aliphatic carbocycles. The average molecular weight is 275 g/mol. The van der Waals surface area contributed by atoms with Gasteiger partial charge in [-0.2, -0.15) is 5.26 Å². The normalized spacial score (nSPS) is 18.9. The Labute approximate surface area is 114 Å². The molecule has 0 bridgehead atoms. The summed E-state index contributed by atoms with van der Waals surface area (Å²) < 4.78 is 16.4. The third kappa shape index (κ3) is 3.21. The second kappa shape index (κ2) is 5.54. The van der Waals surface area contributed by atoms with Crippen molar-refractivity contribution in [3.8, 4) is 6.19 Å². The molecule has 0 spiro atoms. The molecular formula is C14H17N3OS. The molecule has 0 aromatic carbocycles. The minimum absolute atomic E-state index is 0.287. The van der Waals surface area contributed by atoms with E-state index in [-0.39, 0.29) is 5.25 Å². The first-order valence-electron chi connectivity index (χ1n) is 6.28. The Bertz CT molecular complexity index is 617. The standard InChI is InChI=1S/C14H17N3OS/c1-3-19(18,17-10-15)14(8-12-5-6-12)13-7-4-11(2)16-9-13/h3-4,7,9,12,14H,1,5-6,8H2,2H3. The van der Waals surface area contributed by atoms with E-state index in [1.165, 1.54) is 5.41 Å². The summed E-state index contributed by atoms with van der Waals surface area (Å²) in [5, 5.41) is 9.80. The zero-order chi connectivity index (χ0) is 13.9. The van der Waals surface area contributed by atoms with Gasteiger partial charge in [0.05, 0.1) is 15.0 Å². The van der Waals surface area contributed by atoms with E-state index in [0.29, 0.717) is 5.92 Å². The SMILES string of the molecule is C=CS(=O)(=NC#N)C(CC1CC1)c1ccc(C)nc1. The van der Waals surface area contributed by atoms with Crippen LogP contribution in [0.15, 0.2) is 34.7 Å². The van der Waals surface area contributed by atoms with E-state index in [2.05, 4.69) is 15.9 Å². The van der Waals surface area contributed by atoms with Crippen LogP contribution in [0.2, 0.25) is 0 Å². The van der Waals surface area contributed by atoms with Gasteiger partial charge in [-0.05, 0) is 30.9 Å². The monoisotopic (exact) mass is 275 g/mol. The quantitative estimate of drug-likeness (QED) is 0.774. The molecule has 4 nitrogen and oxygen atoms in total. The molecule has 0 radical (unpaired) electrons. The van der Waals surface area contributed by atoms with E-state index in [0.717, 1.165) is 30.5 Å². The molecule has 5 heteroatoms. The van der Waals surface area contributed by atoms with Crippen molar-refractivity contribution in [2.24, 2.45) is 10.3 Å². The summed E-state index contributed by atoms with van der Waals surface area (Å²) in [6.45, 7) is 5.51. The molecule has 0 aliphatic heterocycles. The topological polar surface area (TPSA) is 66.1 Å². The van der Waals surface area contributed by atoms with Gasteiger partial charge in [0.1, 0.15) is 0 Å². The largest absolute Gasteiger partial charge is 0.261 e. The molecule has 1 heterocycles. The molecule has 100 valence electrons. The summed E-state index contributed by atoms with van der Waals surface area (Å²) in [7, 11) is -2.75. The maximum Gasteiger partial charge on any atom is 0.214 e. The molecule has 2 unspecified atom stereocenters. The number of pyridine rings is 1. The van der Waals surface area contributed by atoms with E-state index in [4.69, 9.17) is 5.26 Å². The molecular weight excluding hydrogens is 258 g/mol. The lowest BCUT2D eigenvalue weighted by Gasteiger charge is -2.18. The van der Waals surface area contributed by atoms with Gasteiger partial charge >= 0.3 is 0 Å². The predicted molar refractivity (Wildman–Crippen MR) is 75.4 cm³/mol. The predicted octanol–water partition coefficient (Wildman–Crippen LogP) is 3.32. The fraction of sp³-hybridized carbons (Fsp3) is 0.429. The minimum atomic E-state index is -2.75. The summed E-state index contributed by atoms with van der Waals surface area (Å²) >= 11 is 0. The van der Waals surface area contributed by atoms with Crippen molar-refractivity contribution >= 4 is 9.73 Å². The lowest BCUT2D eigenvalue weighted by Crippen LogP contribution is -2.12. The number of rotatable bonds is 5. The minimum Gasteiger partial charge on any atom is -0.261 e. The van der Waals surface area contributed by atoms with Crippen molar-refractivity contribution in [2.75, 3.05) is 0 Å². The molecule has 0 amide bonds. The Hall–Kier alpha value is -1.67. The van der Waals surface area contributed by atoms with Gasteiger partial charge in [0.2, 0.25) is 6.19 Å². The van der Waals surface area contributed by atoms with Gasteiger partial charge in [0.25, 0.3) is 0 Å². The van der Waals surface area contributed by atoms with Crippen LogP contribution in [0.25, 0.3) is 0 Å². The molecule has 1 aliphatic rings. The summed E-state index contributed by atoms with van der Waals surface area (Å²) in [6.07, 6.45) is 6.51. The zero-order valence-electron chi connectivity index (χ0n) is 11.0. The van der Waals surface area contributed by atoms with E-state index < -0.39 is 9.73 Å². The molecule has 2 atom stereocenters. The van der Waals surface area contributed by atoms with Crippen LogP contribution in [0.5, 0.6) is 0 Å². The lowest BCUT2D eigenvalue weighted by molar-refractivity contribution is 0.644. The first-order valence-corrected chi connectivity index (χ1v) is 7.92. The Morgan fingerprint density at radius 2 is 2.42 bits per heavy atom. The van der Waals surface area contributed by atoms with E-state index in [9.17, 15) is 4.21 Å². The van der Waals surface area contributed by atoms with Crippen molar-refractivity contribution in [3.05, 3.63) is 41.6 Å². The number of aromatic nitrogens is 1. The molecule has 1 aromatic heterocycles. The summed E-state index contributed by atoms with van der Waals surface area (Å²) in [5.74, 6) is 0.584. The van der Waals surface area contributed by atoms with Crippen molar-refractivity contribution in [1.29, 1.82) is 5.26 Å². The summed E-state index contributed by atoms with van der Waals surface area (Å²) in [6, 6.07) is 3.82. The molecule has 1 aromatic rings. The van der Waals surface area contributed by atoms with Crippen LogP contribution in [-0.2, 0) is 9.73 Å². The van der Waals surface area contributed by atoms with E-state index in [1.54, 1.807) is 12.4 Å². The highest BCUT2D eigenvalue weighted by atomic mass is 32.2. The maximum absolute atomic E-state index is 12.8. The summed E-state index contributed by atoms with van der Waals surface area (Å²) in [4.78, 5) is 4.25. The molecule has 19 heavy (non-hydrogen) atoms. The van der Waals surface area contributed by atoms with Crippen molar-refractivity contribution < 1.29 is 4.21 Å². The van der Waals surface area contributed by atoms with Gasteiger partial charge in [-0.25, -0.2) is 4.21 Å². The van der Waals surface area contributed by atoms with E-state index in [1.807, 2.05) is 19.1 Å². The first kappa shape index (κ1) is 13.8. The van der Waals surface area contributed by atoms with Gasteiger partial charge in [-0.15, -0.1) is 4.36 Å². The van der Waals surface area contributed by atoms with Crippen LogP contribution in [0.4, 0.5) is 0 Å². The number of nitriles is 1. The average Bonchev–Trinajstić information content (AvgIpc) is 3.21. The van der Waals surface area contributed by atoms with E-state index >= 15 is 0 Å². The molecule has 0 N–H and O–H groups in total. The fourth-order valence-corrected chi connectivity index (χ4v) is 3.71. The van der Waals surface area contributed by atoms with Crippen LogP contribution in [0.3, 0.4) is 0 Å². The number of aryl methyl sites for hydroxylation is 1. The molecule has 0 saturated heterocycles. The third-order valence-electron chi connectivity index (χ3n) is 3.38. The lowest BCUT2D eigenvalue weighted by atomic mass is 10.1. The number of hydrogen-bond acceptors (Lipinski definition) is 4. The van der Waals surface area contributed by atoms with Crippen molar-refractivity contribution in [1.82, 2.24) is 4.98 Å². The van der Waals surface area contributed by atoms with Crippen LogP contribution >= 0.6 is 0 Å². The third-order valence-corrected chi connectivity index (χ3v) is 5.50. The van der Waals surface area contributed by atoms with Crippen LogP contribution in [0.1, 0.15) is 35.8 Å². The Morgan fingerprint density at radius 3 is 2.89 bits per heavy atom. The molecule has 1 saturated carbocycles. The van der Waals surface area contributed by atoms with Gasteiger partial charge in [0, 0.05) is 17.3 Å². The number of hydrogen-bond donors (Lipinski definition) is 0. The highest BCUT2D eigenvalue weighted by Gasteiger charge is 2.32. The highest BCUT2D eigenvalue weighted by molar-refractivity contribution is 7.96. The van der Waals surface area contributed by atoms with Crippen molar-refractivity contribution in [2.45, 2.75) is 31.4 Å². The first-order chi connectivity index (χ1) is 9.09. The van der Waals surface area contributed by atoms with Gasteiger partial charge in [-0.3, -0.25) is 4.98 Å². The zero-order valence-corrected chi connectivity index (χ0v) is 11.8. The second-order valence-corrected chi connectivity index (χ2v) is 7.19. The highest BCUT2D eigenvalue weighted by Crippen LogP contribution is 2.41. The molecule has 2 rings (SSSR count). The van der Waals surface area contributed by atoms with Crippen LogP contribution < -0.4 is 0 Å². The maximum atomic E-state index is 12.8.